The van der Waals surface area contributed by atoms with E-state index in [1.54, 1.807) is 0 Å². The number of hydrogen-bond acceptors (Lipinski definition) is 5. The lowest BCUT2D eigenvalue weighted by Crippen LogP contribution is -2.31. The number of aromatic nitrogens is 3. The van der Waals surface area contributed by atoms with Gasteiger partial charge >= 0.3 is 6.01 Å². The summed E-state index contributed by atoms with van der Waals surface area (Å²) in [5.74, 6) is 1.95. The van der Waals surface area contributed by atoms with Crippen molar-refractivity contribution in [3.8, 4) is 6.01 Å². The van der Waals surface area contributed by atoms with Crippen molar-refractivity contribution in [3.63, 3.8) is 0 Å². The minimum atomic E-state index is 0.0102. The Balaban J connectivity index is 2.06. The Morgan fingerprint density at radius 2 is 1.75 bits per heavy atom. The molecule has 1 fully saturated rings. The number of nitrogens with one attached hydrogen (secondary N) is 1. The second-order valence-corrected chi connectivity index (χ2v) is 6.47. The summed E-state index contributed by atoms with van der Waals surface area (Å²) in [6.07, 6.45) is 3.57. The third-order valence-electron chi connectivity index (χ3n) is 3.44. The van der Waals surface area contributed by atoms with E-state index in [1.807, 2.05) is 13.8 Å². The van der Waals surface area contributed by atoms with Gasteiger partial charge in [0.15, 0.2) is 0 Å². The average molecular weight is 299 g/mol. The monoisotopic (exact) mass is 298 g/mol. The minimum absolute atomic E-state index is 0.0102. The summed E-state index contributed by atoms with van der Waals surface area (Å²) in [7, 11) is 0. The Kier molecular flexibility index (Phi) is 5.02. The van der Waals surface area contributed by atoms with Crippen molar-refractivity contribution >= 4 is 17.5 Å². The maximum atomic E-state index is 5.93. The molecule has 1 aliphatic rings. The largest absolute Gasteiger partial charge is 0.461 e. The van der Waals surface area contributed by atoms with Gasteiger partial charge in [0.25, 0.3) is 0 Å². The Morgan fingerprint density at radius 3 is 2.35 bits per heavy atom. The molecule has 0 saturated heterocycles. The fraction of sp³-hybridized carbons (Fsp3) is 0.786. The van der Waals surface area contributed by atoms with Crippen molar-refractivity contribution < 1.29 is 4.74 Å². The number of hydrogen-bond donors (Lipinski definition) is 1. The minimum Gasteiger partial charge on any atom is -0.461 e. The Labute approximate surface area is 125 Å². The van der Waals surface area contributed by atoms with Gasteiger partial charge in [0.2, 0.25) is 11.2 Å². The van der Waals surface area contributed by atoms with Crippen molar-refractivity contribution in [2.75, 3.05) is 5.32 Å². The topological polar surface area (TPSA) is 59.9 Å². The second kappa shape index (κ2) is 6.57. The maximum absolute atomic E-state index is 5.93. The Morgan fingerprint density at radius 1 is 1.10 bits per heavy atom. The lowest BCUT2D eigenvalue weighted by Gasteiger charge is -2.31. The fourth-order valence-electron chi connectivity index (χ4n) is 2.91. The van der Waals surface area contributed by atoms with Crippen LogP contribution >= 0.6 is 11.6 Å². The van der Waals surface area contributed by atoms with Crippen molar-refractivity contribution in [1.29, 1.82) is 0 Å². The van der Waals surface area contributed by atoms with Gasteiger partial charge < -0.3 is 10.1 Å². The summed E-state index contributed by atoms with van der Waals surface area (Å²) in [5, 5.41) is 3.53. The van der Waals surface area contributed by atoms with E-state index in [0.29, 0.717) is 12.0 Å². The number of anilines is 1. The molecule has 5 nitrogen and oxygen atoms in total. The molecule has 1 aliphatic carbocycles. The van der Waals surface area contributed by atoms with Gasteiger partial charge in [-0.05, 0) is 56.5 Å². The predicted octanol–water partition coefficient (Wildman–Crippen LogP) is 3.55. The molecule has 1 saturated carbocycles. The van der Waals surface area contributed by atoms with Crippen LogP contribution in [0.1, 0.15) is 47.0 Å². The number of halogens is 1. The molecule has 1 N–H and O–H groups in total. The molecule has 0 aromatic carbocycles. The molecule has 112 valence electrons. The lowest BCUT2D eigenvalue weighted by molar-refractivity contribution is 0.221. The molecule has 1 aromatic heterocycles. The number of rotatable bonds is 4. The van der Waals surface area contributed by atoms with Crippen LogP contribution in [0.25, 0.3) is 0 Å². The van der Waals surface area contributed by atoms with Crippen LogP contribution in [0.4, 0.5) is 5.95 Å². The molecule has 6 heteroatoms. The van der Waals surface area contributed by atoms with Crippen molar-refractivity contribution in [2.45, 2.75) is 59.1 Å². The smallest absolute Gasteiger partial charge is 0.322 e. The first-order valence-electron chi connectivity index (χ1n) is 7.27. The van der Waals surface area contributed by atoms with Gasteiger partial charge in [-0.15, -0.1) is 0 Å². The molecule has 0 radical (unpaired) electrons. The maximum Gasteiger partial charge on any atom is 0.322 e. The predicted molar refractivity (Wildman–Crippen MR) is 80.2 cm³/mol. The molecule has 1 aromatic rings. The highest BCUT2D eigenvalue weighted by Crippen LogP contribution is 2.30. The van der Waals surface area contributed by atoms with Crippen LogP contribution in [0.5, 0.6) is 6.01 Å². The molecule has 1 heterocycles. The first kappa shape index (κ1) is 15.3. The molecule has 0 bridgehead atoms. The Hall–Kier alpha value is -1.10. The van der Waals surface area contributed by atoms with Gasteiger partial charge in [0.05, 0.1) is 6.10 Å². The summed E-state index contributed by atoms with van der Waals surface area (Å²) in [4.78, 5) is 12.4. The van der Waals surface area contributed by atoms with Gasteiger partial charge in [0, 0.05) is 6.04 Å². The summed E-state index contributed by atoms with van der Waals surface area (Å²) in [6.45, 7) is 8.43. The van der Waals surface area contributed by atoms with E-state index in [4.69, 9.17) is 16.3 Å². The van der Waals surface area contributed by atoms with Crippen LogP contribution in [-0.2, 0) is 0 Å². The Bertz CT molecular complexity index is 445. The fourth-order valence-corrected chi connectivity index (χ4v) is 3.06. The highest BCUT2D eigenvalue weighted by atomic mass is 35.5. The summed E-state index contributed by atoms with van der Waals surface area (Å²) in [5.41, 5.74) is 0. The van der Waals surface area contributed by atoms with Crippen LogP contribution in [0.15, 0.2) is 0 Å². The van der Waals surface area contributed by atoms with E-state index in [0.717, 1.165) is 24.7 Å². The zero-order valence-corrected chi connectivity index (χ0v) is 13.3. The van der Waals surface area contributed by atoms with Gasteiger partial charge in [-0.1, -0.05) is 13.8 Å². The van der Waals surface area contributed by atoms with Gasteiger partial charge in [-0.3, -0.25) is 0 Å². The van der Waals surface area contributed by atoms with E-state index in [2.05, 4.69) is 34.1 Å². The summed E-state index contributed by atoms with van der Waals surface area (Å²) in [6, 6.07) is 0.665. The van der Waals surface area contributed by atoms with Crippen LogP contribution in [0.2, 0.25) is 5.28 Å². The summed E-state index contributed by atoms with van der Waals surface area (Å²) < 4.78 is 5.48. The molecule has 20 heavy (non-hydrogen) atoms. The van der Waals surface area contributed by atoms with E-state index >= 15 is 0 Å². The molecule has 0 aliphatic heterocycles. The SMILES string of the molecule is CC1CC(C)CC(Nc2nc(Cl)nc(OC(C)C)n2)C1. The second-order valence-electron chi connectivity index (χ2n) is 6.14. The van der Waals surface area contributed by atoms with Crippen molar-refractivity contribution in [2.24, 2.45) is 11.8 Å². The lowest BCUT2D eigenvalue weighted by atomic mass is 9.80. The van der Waals surface area contributed by atoms with Crippen LogP contribution in [0, 0.1) is 11.8 Å². The van der Waals surface area contributed by atoms with Gasteiger partial charge in [-0.25, -0.2) is 0 Å². The molecular formula is C14H23ClN4O. The molecule has 0 amide bonds. The van der Waals surface area contributed by atoms with Crippen molar-refractivity contribution in [3.05, 3.63) is 5.28 Å². The van der Waals surface area contributed by atoms with Crippen molar-refractivity contribution in [1.82, 2.24) is 15.0 Å². The van der Waals surface area contributed by atoms with E-state index in [1.165, 1.54) is 6.42 Å². The third kappa shape index (κ3) is 4.47. The zero-order valence-electron chi connectivity index (χ0n) is 12.6. The normalized spacial score (nSPS) is 26.6. The standard InChI is InChI=1S/C14H23ClN4O/c1-8(2)20-14-18-12(15)17-13(19-14)16-11-6-9(3)5-10(4)7-11/h8-11H,5-7H2,1-4H3,(H,16,17,18,19). The third-order valence-corrected chi connectivity index (χ3v) is 3.61. The summed E-state index contributed by atoms with van der Waals surface area (Å²) >= 11 is 5.93. The van der Waals surface area contributed by atoms with E-state index in [-0.39, 0.29) is 17.4 Å². The van der Waals surface area contributed by atoms with E-state index < -0.39 is 0 Å². The zero-order chi connectivity index (χ0) is 14.7. The van der Waals surface area contributed by atoms with Crippen LogP contribution in [0.3, 0.4) is 0 Å². The van der Waals surface area contributed by atoms with Crippen LogP contribution < -0.4 is 10.1 Å². The molecule has 2 rings (SSSR count). The highest BCUT2D eigenvalue weighted by Gasteiger charge is 2.24. The van der Waals surface area contributed by atoms with E-state index in [9.17, 15) is 0 Å². The molecular weight excluding hydrogens is 276 g/mol. The van der Waals surface area contributed by atoms with Gasteiger partial charge in [0.1, 0.15) is 0 Å². The average Bonchev–Trinajstić information content (AvgIpc) is 2.24. The first-order chi connectivity index (χ1) is 9.42. The quantitative estimate of drug-likeness (QED) is 0.921. The van der Waals surface area contributed by atoms with Crippen LogP contribution in [-0.4, -0.2) is 27.1 Å². The molecule has 2 unspecified atom stereocenters. The molecule has 0 spiro atoms. The first-order valence-corrected chi connectivity index (χ1v) is 7.65. The van der Waals surface area contributed by atoms with Gasteiger partial charge in [-0.2, -0.15) is 15.0 Å². The molecule has 2 atom stereocenters. The number of ether oxygens (including phenoxy) is 1. The number of nitrogens with zero attached hydrogens (tertiary/aromatic N) is 3. The highest BCUT2D eigenvalue weighted by molar-refractivity contribution is 6.28.